The number of amides is 2. The summed E-state index contributed by atoms with van der Waals surface area (Å²) in [5.74, 6) is -1.03. The maximum Gasteiger partial charge on any atom is 0.323 e. The van der Waals surface area contributed by atoms with Crippen molar-refractivity contribution in [3.63, 3.8) is 0 Å². The second-order valence-electron chi connectivity index (χ2n) is 3.37. The van der Waals surface area contributed by atoms with Gasteiger partial charge in [0.15, 0.2) is 0 Å². The fourth-order valence-corrected chi connectivity index (χ4v) is 1.74. The van der Waals surface area contributed by atoms with Crippen LogP contribution in [0.2, 0.25) is 0 Å². The number of carbonyl (C=O) groups excluding carboxylic acids is 1. The first-order valence-electron chi connectivity index (χ1n) is 4.55. The van der Waals surface area contributed by atoms with E-state index in [9.17, 15) is 9.59 Å². The Morgan fingerprint density at radius 1 is 1.44 bits per heavy atom. The van der Waals surface area contributed by atoms with Crippen LogP contribution in [0.1, 0.15) is 5.69 Å². The number of thiazole rings is 1. The molecule has 0 bridgehead atoms. The van der Waals surface area contributed by atoms with Crippen LogP contribution in [-0.2, 0) is 11.3 Å². The van der Waals surface area contributed by atoms with Crippen molar-refractivity contribution in [2.24, 2.45) is 0 Å². The summed E-state index contributed by atoms with van der Waals surface area (Å²) >= 11 is 1.46. The molecule has 1 rings (SSSR count). The fraction of sp³-hybridized carbons (Fsp3) is 0.444. The Morgan fingerprint density at radius 2 is 2.12 bits per heavy atom. The molecule has 16 heavy (non-hydrogen) atoms. The molecule has 0 saturated carbocycles. The Balaban J connectivity index is 2.50. The Kier molecular flexibility index (Phi) is 4.24. The Morgan fingerprint density at radius 3 is 2.62 bits per heavy atom. The average Bonchev–Trinajstić information content (AvgIpc) is 2.68. The average molecular weight is 243 g/mol. The summed E-state index contributed by atoms with van der Waals surface area (Å²) in [6.07, 6.45) is 0. The molecule has 6 nitrogen and oxygen atoms in total. The third kappa shape index (κ3) is 3.50. The summed E-state index contributed by atoms with van der Waals surface area (Å²) in [7, 11) is 3.06. The molecule has 88 valence electrons. The zero-order valence-corrected chi connectivity index (χ0v) is 9.90. The van der Waals surface area contributed by atoms with Crippen molar-refractivity contribution >= 4 is 23.3 Å². The van der Waals surface area contributed by atoms with Crippen LogP contribution in [0, 0.1) is 0 Å². The molecule has 1 heterocycles. The molecule has 0 saturated heterocycles. The van der Waals surface area contributed by atoms with Gasteiger partial charge in [0.05, 0.1) is 17.7 Å². The molecule has 0 aliphatic heterocycles. The highest BCUT2D eigenvalue weighted by Crippen LogP contribution is 2.05. The number of likely N-dealkylation sites (N-methyl/N-ethyl adjacent to an activating group) is 1. The van der Waals surface area contributed by atoms with Gasteiger partial charge in [-0.3, -0.25) is 4.79 Å². The molecule has 1 aromatic rings. The van der Waals surface area contributed by atoms with Gasteiger partial charge in [-0.2, -0.15) is 0 Å². The summed E-state index contributed by atoms with van der Waals surface area (Å²) in [6.45, 7) is 0.0759. The molecule has 0 aliphatic carbocycles. The topological polar surface area (TPSA) is 73.7 Å². The summed E-state index contributed by atoms with van der Waals surface area (Å²) < 4.78 is 0. The number of aliphatic carboxylic acids is 1. The van der Waals surface area contributed by atoms with Gasteiger partial charge in [-0.15, -0.1) is 11.3 Å². The lowest BCUT2D eigenvalue weighted by Crippen LogP contribution is -2.40. The maximum atomic E-state index is 11.7. The predicted molar refractivity (Wildman–Crippen MR) is 59.2 cm³/mol. The van der Waals surface area contributed by atoms with Crippen molar-refractivity contribution in [1.29, 1.82) is 0 Å². The summed E-state index contributed by atoms with van der Waals surface area (Å²) in [6, 6.07) is -0.338. The molecular weight excluding hydrogens is 230 g/mol. The van der Waals surface area contributed by atoms with E-state index in [2.05, 4.69) is 4.98 Å². The van der Waals surface area contributed by atoms with Crippen molar-refractivity contribution in [2.75, 3.05) is 20.6 Å². The van der Waals surface area contributed by atoms with Crippen molar-refractivity contribution in [2.45, 2.75) is 6.54 Å². The van der Waals surface area contributed by atoms with Crippen molar-refractivity contribution in [3.8, 4) is 0 Å². The first-order chi connectivity index (χ1) is 7.50. The second-order valence-corrected chi connectivity index (χ2v) is 4.09. The highest BCUT2D eigenvalue weighted by atomic mass is 32.1. The number of carbonyl (C=O) groups is 2. The van der Waals surface area contributed by atoms with Gasteiger partial charge in [-0.25, -0.2) is 9.78 Å². The SMILES string of the molecule is CN(CC(=O)O)C(=O)N(C)Cc1cscn1. The largest absolute Gasteiger partial charge is 0.480 e. The van der Waals surface area contributed by atoms with Gasteiger partial charge in [0.1, 0.15) is 6.54 Å². The lowest BCUT2D eigenvalue weighted by Gasteiger charge is -2.22. The predicted octanol–water partition coefficient (Wildman–Crippen LogP) is 0.711. The highest BCUT2D eigenvalue weighted by molar-refractivity contribution is 7.07. The normalized spacial score (nSPS) is 9.88. The van der Waals surface area contributed by atoms with E-state index in [1.807, 2.05) is 5.38 Å². The zero-order valence-electron chi connectivity index (χ0n) is 9.08. The minimum atomic E-state index is -1.03. The Hall–Kier alpha value is -1.63. The molecule has 2 amide bonds. The molecule has 0 fully saturated rings. The molecular formula is C9H13N3O3S. The number of urea groups is 1. The number of nitrogens with zero attached hydrogens (tertiary/aromatic N) is 3. The lowest BCUT2D eigenvalue weighted by molar-refractivity contribution is -0.137. The van der Waals surface area contributed by atoms with Crippen LogP contribution in [0.5, 0.6) is 0 Å². The Labute approximate surface area is 97.1 Å². The van der Waals surface area contributed by atoms with Crippen molar-refractivity contribution in [3.05, 3.63) is 16.6 Å². The van der Waals surface area contributed by atoms with Gasteiger partial charge in [-0.1, -0.05) is 0 Å². The van der Waals surface area contributed by atoms with E-state index in [0.29, 0.717) is 6.54 Å². The van der Waals surface area contributed by atoms with E-state index in [1.54, 1.807) is 12.6 Å². The maximum absolute atomic E-state index is 11.7. The number of carboxylic acid groups (broad SMARTS) is 1. The van der Waals surface area contributed by atoms with Gasteiger partial charge in [0, 0.05) is 19.5 Å². The second kappa shape index (κ2) is 5.45. The van der Waals surface area contributed by atoms with Crippen molar-refractivity contribution in [1.82, 2.24) is 14.8 Å². The van der Waals surface area contributed by atoms with E-state index in [-0.39, 0.29) is 12.6 Å². The third-order valence-corrected chi connectivity index (χ3v) is 2.54. The number of rotatable bonds is 4. The van der Waals surface area contributed by atoms with Crippen LogP contribution < -0.4 is 0 Å². The standard InChI is InChI=1S/C9H13N3O3S/c1-11(3-7-5-16-6-10-7)9(15)12(2)4-8(13)14/h5-6H,3-4H2,1-2H3,(H,13,14). The lowest BCUT2D eigenvalue weighted by atomic mass is 10.4. The van der Waals surface area contributed by atoms with Crippen LogP contribution in [0.25, 0.3) is 0 Å². The number of carboxylic acids is 1. The van der Waals surface area contributed by atoms with Crippen LogP contribution in [0.4, 0.5) is 4.79 Å². The molecule has 0 aliphatic rings. The number of hydrogen-bond donors (Lipinski definition) is 1. The molecule has 0 spiro atoms. The van der Waals surface area contributed by atoms with Gasteiger partial charge < -0.3 is 14.9 Å². The van der Waals surface area contributed by atoms with E-state index < -0.39 is 5.97 Å². The Bertz CT molecular complexity index is 366. The molecule has 0 atom stereocenters. The zero-order chi connectivity index (χ0) is 12.1. The van der Waals surface area contributed by atoms with Crippen LogP contribution in [0.3, 0.4) is 0 Å². The fourth-order valence-electron chi connectivity index (χ4n) is 1.19. The number of aromatic nitrogens is 1. The van der Waals surface area contributed by atoms with E-state index in [4.69, 9.17) is 5.11 Å². The molecule has 7 heteroatoms. The summed E-state index contributed by atoms with van der Waals surface area (Å²) in [4.78, 5) is 28.7. The van der Waals surface area contributed by atoms with Crippen LogP contribution >= 0.6 is 11.3 Å². The van der Waals surface area contributed by atoms with Gasteiger partial charge >= 0.3 is 12.0 Å². The summed E-state index contributed by atoms with van der Waals surface area (Å²) in [5.41, 5.74) is 2.49. The molecule has 1 N–H and O–H groups in total. The first-order valence-corrected chi connectivity index (χ1v) is 5.50. The van der Waals surface area contributed by atoms with E-state index in [1.165, 1.54) is 23.3 Å². The highest BCUT2D eigenvalue weighted by Gasteiger charge is 2.16. The molecule has 1 aromatic heterocycles. The minimum absolute atomic E-state index is 0.305. The van der Waals surface area contributed by atoms with Gasteiger partial charge in [0.2, 0.25) is 0 Å². The van der Waals surface area contributed by atoms with E-state index >= 15 is 0 Å². The third-order valence-electron chi connectivity index (χ3n) is 1.91. The summed E-state index contributed by atoms with van der Waals surface area (Å²) in [5, 5.41) is 10.4. The van der Waals surface area contributed by atoms with Gasteiger partial charge in [0.25, 0.3) is 0 Å². The smallest absolute Gasteiger partial charge is 0.323 e. The quantitative estimate of drug-likeness (QED) is 0.845. The molecule has 0 unspecified atom stereocenters. The monoisotopic (exact) mass is 243 g/mol. The first kappa shape index (κ1) is 12.4. The van der Waals surface area contributed by atoms with Crippen molar-refractivity contribution < 1.29 is 14.7 Å². The van der Waals surface area contributed by atoms with E-state index in [0.717, 1.165) is 10.6 Å². The van der Waals surface area contributed by atoms with Gasteiger partial charge in [-0.05, 0) is 0 Å². The van der Waals surface area contributed by atoms with Crippen LogP contribution in [-0.4, -0.2) is 52.5 Å². The minimum Gasteiger partial charge on any atom is -0.480 e. The molecule has 0 aromatic carbocycles. The number of hydrogen-bond acceptors (Lipinski definition) is 4. The molecule has 0 radical (unpaired) electrons. The van der Waals surface area contributed by atoms with Crippen LogP contribution in [0.15, 0.2) is 10.9 Å².